The molecule has 4 rings (SSSR count). The number of rotatable bonds is 7. The molecule has 0 aliphatic carbocycles. The fraction of sp³-hybridized carbons (Fsp3) is 0.160. The number of fused-ring (bicyclic) bond motifs is 1. The third-order valence-electron chi connectivity index (χ3n) is 5.08. The fourth-order valence-corrected chi connectivity index (χ4v) is 3.43. The molecule has 6 nitrogen and oxygen atoms in total. The number of H-pyrrole nitrogens is 1. The molecule has 4 aromatic rings. The Morgan fingerprint density at radius 3 is 2.38 bits per heavy atom. The summed E-state index contributed by atoms with van der Waals surface area (Å²) in [6, 6.07) is 19.1. The zero-order valence-electron chi connectivity index (χ0n) is 17.6. The van der Waals surface area contributed by atoms with Crippen molar-refractivity contribution in [3.63, 3.8) is 0 Å². The van der Waals surface area contributed by atoms with Crippen LogP contribution in [-0.2, 0) is 24.2 Å². The molecule has 0 fully saturated rings. The van der Waals surface area contributed by atoms with E-state index < -0.39 is 0 Å². The lowest BCUT2D eigenvalue weighted by Gasteiger charge is -2.05. The van der Waals surface area contributed by atoms with Crippen LogP contribution in [0.2, 0.25) is 0 Å². The minimum absolute atomic E-state index is 0.0940. The molecule has 1 aromatic heterocycles. The summed E-state index contributed by atoms with van der Waals surface area (Å²) in [5, 5.41) is 5.60. The topological polar surface area (TPSA) is 86.9 Å². The maximum atomic E-state index is 13.0. The quantitative estimate of drug-likeness (QED) is 0.407. The number of hydrogen-bond acceptors (Lipinski definition) is 3. The number of amides is 2. The number of aryl methyl sites for hydroxylation is 2. The summed E-state index contributed by atoms with van der Waals surface area (Å²) in [5.41, 5.74) is 4.88. The SMILES string of the molecule is CC(=O)Nc1ccc(CCc2nc3ccc(C(=O)NCc4ccc(F)cc4)cc3[nH]2)cc1. The summed E-state index contributed by atoms with van der Waals surface area (Å²) in [5.74, 6) is 0.243. The summed E-state index contributed by atoms with van der Waals surface area (Å²) in [6.07, 6.45) is 1.52. The normalized spacial score (nSPS) is 10.8. The molecule has 2 amide bonds. The molecule has 0 aliphatic heterocycles. The van der Waals surface area contributed by atoms with E-state index in [9.17, 15) is 14.0 Å². The maximum Gasteiger partial charge on any atom is 0.251 e. The summed E-state index contributed by atoms with van der Waals surface area (Å²) in [4.78, 5) is 31.5. The molecule has 0 saturated carbocycles. The van der Waals surface area contributed by atoms with Crippen molar-refractivity contribution in [3.05, 3.63) is 95.1 Å². The first kappa shape index (κ1) is 21.2. The van der Waals surface area contributed by atoms with Crippen molar-refractivity contribution in [2.75, 3.05) is 5.32 Å². The number of benzene rings is 3. The van der Waals surface area contributed by atoms with Crippen LogP contribution in [0.5, 0.6) is 0 Å². The zero-order chi connectivity index (χ0) is 22.5. The summed E-state index contributed by atoms with van der Waals surface area (Å²) in [7, 11) is 0. The van der Waals surface area contributed by atoms with E-state index in [0.717, 1.165) is 46.5 Å². The smallest absolute Gasteiger partial charge is 0.251 e. The van der Waals surface area contributed by atoms with Crippen molar-refractivity contribution < 1.29 is 14.0 Å². The van der Waals surface area contributed by atoms with Crippen molar-refractivity contribution in [2.24, 2.45) is 0 Å². The summed E-state index contributed by atoms with van der Waals surface area (Å²) in [6.45, 7) is 1.81. The van der Waals surface area contributed by atoms with E-state index in [1.807, 2.05) is 30.3 Å². The number of hydrogen-bond donors (Lipinski definition) is 3. The van der Waals surface area contributed by atoms with Crippen molar-refractivity contribution in [1.82, 2.24) is 15.3 Å². The second-order valence-corrected chi connectivity index (χ2v) is 7.60. The average Bonchev–Trinajstić information content (AvgIpc) is 3.20. The molecule has 0 unspecified atom stereocenters. The number of aromatic nitrogens is 2. The Balaban J connectivity index is 1.37. The third kappa shape index (κ3) is 5.37. The molecular weight excluding hydrogens is 407 g/mol. The van der Waals surface area contributed by atoms with Crippen LogP contribution in [0.1, 0.15) is 34.2 Å². The number of carbonyl (C=O) groups excluding carboxylic acids is 2. The van der Waals surface area contributed by atoms with Crippen molar-refractivity contribution >= 4 is 28.5 Å². The Bertz CT molecular complexity index is 1250. The van der Waals surface area contributed by atoms with E-state index in [-0.39, 0.29) is 17.6 Å². The molecule has 0 saturated heterocycles. The fourth-order valence-electron chi connectivity index (χ4n) is 3.43. The van der Waals surface area contributed by atoms with E-state index in [1.165, 1.54) is 19.1 Å². The molecule has 162 valence electrons. The largest absolute Gasteiger partial charge is 0.348 e. The molecule has 0 spiro atoms. The standard InChI is InChI=1S/C25H23FN4O2/c1-16(31)28-21-10-4-17(5-11-21)6-13-24-29-22-12-7-19(14-23(22)30-24)25(32)27-15-18-2-8-20(26)9-3-18/h2-5,7-12,14H,6,13,15H2,1H3,(H,27,32)(H,28,31)(H,29,30). The van der Waals surface area contributed by atoms with E-state index >= 15 is 0 Å². The molecule has 7 heteroatoms. The van der Waals surface area contributed by atoms with E-state index in [0.29, 0.717) is 12.1 Å². The minimum Gasteiger partial charge on any atom is -0.348 e. The van der Waals surface area contributed by atoms with Crippen molar-refractivity contribution in [2.45, 2.75) is 26.3 Å². The maximum absolute atomic E-state index is 13.0. The van der Waals surface area contributed by atoms with E-state index in [1.54, 1.807) is 24.3 Å². The van der Waals surface area contributed by atoms with Gasteiger partial charge in [-0.25, -0.2) is 9.37 Å². The van der Waals surface area contributed by atoms with Crippen LogP contribution in [0.4, 0.5) is 10.1 Å². The van der Waals surface area contributed by atoms with Gasteiger partial charge in [-0.15, -0.1) is 0 Å². The van der Waals surface area contributed by atoms with E-state index in [2.05, 4.69) is 20.6 Å². The predicted molar refractivity (Wildman–Crippen MR) is 122 cm³/mol. The predicted octanol–water partition coefficient (Wildman–Crippen LogP) is 4.38. The molecule has 1 heterocycles. The van der Waals surface area contributed by atoms with E-state index in [4.69, 9.17) is 0 Å². The second kappa shape index (κ2) is 9.43. The Kier molecular flexibility index (Phi) is 6.26. The zero-order valence-corrected chi connectivity index (χ0v) is 17.6. The highest BCUT2D eigenvalue weighted by molar-refractivity contribution is 5.97. The Morgan fingerprint density at radius 1 is 0.938 bits per heavy atom. The third-order valence-corrected chi connectivity index (χ3v) is 5.08. The van der Waals surface area contributed by atoms with Gasteiger partial charge in [0.05, 0.1) is 11.0 Å². The Labute approximate surface area is 184 Å². The van der Waals surface area contributed by atoms with Crippen LogP contribution in [0.25, 0.3) is 11.0 Å². The van der Waals surface area contributed by atoms with Gasteiger partial charge >= 0.3 is 0 Å². The van der Waals surface area contributed by atoms with Gasteiger partial charge in [-0.1, -0.05) is 24.3 Å². The van der Waals surface area contributed by atoms with Gasteiger partial charge in [0.2, 0.25) is 5.91 Å². The monoisotopic (exact) mass is 430 g/mol. The Morgan fingerprint density at radius 2 is 1.66 bits per heavy atom. The lowest BCUT2D eigenvalue weighted by molar-refractivity contribution is -0.114. The van der Waals surface area contributed by atoms with Crippen molar-refractivity contribution in [1.29, 1.82) is 0 Å². The Hall–Kier alpha value is -4.00. The molecule has 0 bridgehead atoms. The molecule has 0 aliphatic rings. The lowest BCUT2D eigenvalue weighted by atomic mass is 10.1. The van der Waals surface area contributed by atoms with Gasteiger partial charge in [0.15, 0.2) is 0 Å². The molecule has 3 N–H and O–H groups in total. The molecule has 0 radical (unpaired) electrons. The van der Waals surface area contributed by atoms with Gasteiger partial charge in [0, 0.05) is 31.1 Å². The molecule has 3 aromatic carbocycles. The van der Waals surface area contributed by atoms with Crippen LogP contribution < -0.4 is 10.6 Å². The van der Waals surface area contributed by atoms with Gasteiger partial charge in [-0.3, -0.25) is 9.59 Å². The van der Waals surface area contributed by atoms with Gasteiger partial charge < -0.3 is 15.6 Å². The number of nitrogens with zero attached hydrogens (tertiary/aromatic N) is 1. The number of aromatic amines is 1. The van der Waals surface area contributed by atoms with Crippen LogP contribution in [-0.4, -0.2) is 21.8 Å². The summed E-state index contributed by atoms with van der Waals surface area (Å²) < 4.78 is 13.0. The molecular formula is C25H23FN4O2. The minimum atomic E-state index is -0.303. The first-order valence-corrected chi connectivity index (χ1v) is 10.3. The van der Waals surface area contributed by atoms with Gasteiger partial charge in [0.25, 0.3) is 5.91 Å². The van der Waals surface area contributed by atoms with Crippen LogP contribution >= 0.6 is 0 Å². The highest BCUT2D eigenvalue weighted by Crippen LogP contribution is 2.16. The molecule has 0 atom stereocenters. The summed E-state index contributed by atoms with van der Waals surface area (Å²) >= 11 is 0. The molecule has 32 heavy (non-hydrogen) atoms. The lowest BCUT2D eigenvalue weighted by Crippen LogP contribution is -2.22. The number of imidazole rings is 1. The van der Waals surface area contributed by atoms with Gasteiger partial charge in [-0.2, -0.15) is 0 Å². The van der Waals surface area contributed by atoms with Crippen molar-refractivity contribution in [3.8, 4) is 0 Å². The highest BCUT2D eigenvalue weighted by Gasteiger charge is 2.10. The number of anilines is 1. The van der Waals surface area contributed by atoms with Crippen LogP contribution in [0.15, 0.2) is 66.7 Å². The van der Waals surface area contributed by atoms with Gasteiger partial charge in [0.1, 0.15) is 11.6 Å². The first-order chi connectivity index (χ1) is 15.5. The second-order valence-electron chi connectivity index (χ2n) is 7.60. The van der Waals surface area contributed by atoms with Crippen LogP contribution in [0, 0.1) is 5.82 Å². The highest BCUT2D eigenvalue weighted by atomic mass is 19.1. The number of halogens is 1. The van der Waals surface area contributed by atoms with Crippen LogP contribution in [0.3, 0.4) is 0 Å². The first-order valence-electron chi connectivity index (χ1n) is 10.3. The van der Waals surface area contributed by atoms with Gasteiger partial charge in [-0.05, 0) is 60.0 Å². The average molecular weight is 430 g/mol. The number of carbonyl (C=O) groups is 2. The number of nitrogens with one attached hydrogen (secondary N) is 3.